The van der Waals surface area contributed by atoms with E-state index >= 15 is 0 Å². The third kappa shape index (κ3) is 3.69. The van der Waals surface area contributed by atoms with Crippen LogP contribution in [0, 0.1) is 13.8 Å². The minimum absolute atomic E-state index is 0.317. The third-order valence-corrected chi connectivity index (χ3v) is 2.71. The number of hydrogen-bond donors (Lipinski definition) is 1. The van der Waals surface area contributed by atoms with Crippen molar-refractivity contribution in [2.75, 3.05) is 5.32 Å². The van der Waals surface area contributed by atoms with Gasteiger partial charge in [-0.3, -0.25) is 0 Å². The molecule has 3 nitrogen and oxygen atoms in total. The van der Waals surface area contributed by atoms with Gasteiger partial charge in [-0.25, -0.2) is 0 Å². The van der Waals surface area contributed by atoms with E-state index in [2.05, 4.69) is 21.6 Å². The van der Waals surface area contributed by atoms with Gasteiger partial charge < -0.3 is 5.32 Å². The molecule has 0 aliphatic rings. The van der Waals surface area contributed by atoms with Crippen LogP contribution in [0.4, 0.5) is 19.0 Å². The van der Waals surface area contributed by atoms with E-state index in [1.807, 2.05) is 26.0 Å². The number of halogens is 3. The fourth-order valence-corrected chi connectivity index (χ4v) is 1.94. The Kier molecular flexibility index (Phi) is 3.92. The predicted octanol–water partition coefficient (Wildman–Crippen LogP) is 3.72. The Labute approximate surface area is 114 Å². The second-order valence-electron chi connectivity index (χ2n) is 4.65. The van der Waals surface area contributed by atoms with Crippen molar-refractivity contribution in [3.05, 3.63) is 52.7 Å². The van der Waals surface area contributed by atoms with Gasteiger partial charge in [-0.05, 0) is 31.5 Å². The molecule has 0 aliphatic heterocycles. The molecule has 0 fully saturated rings. The molecular formula is C14H14F3N3. The van der Waals surface area contributed by atoms with Crippen LogP contribution in [0.15, 0.2) is 30.3 Å². The van der Waals surface area contributed by atoms with Crippen molar-refractivity contribution in [3.8, 4) is 0 Å². The maximum absolute atomic E-state index is 12.3. The lowest BCUT2D eigenvalue weighted by molar-refractivity contribution is -0.141. The lowest BCUT2D eigenvalue weighted by Gasteiger charge is -2.08. The Hall–Kier alpha value is -2.11. The average molecular weight is 281 g/mol. The van der Waals surface area contributed by atoms with Gasteiger partial charge in [-0.15, -0.1) is 10.2 Å². The summed E-state index contributed by atoms with van der Waals surface area (Å²) in [6.07, 6.45) is -4.46. The van der Waals surface area contributed by atoms with Gasteiger partial charge in [-0.2, -0.15) is 13.2 Å². The molecular weight excluding hydrogens is 267 g/mol. The van der Waals surface area contributed by atoms with E-state index in [4.69, 9.17) is 0 Å². The van der Waals surface area contributed by atoms with E-state index in [1.54, 1.807) is 0 Å². The van der Waals surface area contributed by atoms with Crippen molar-refractivity contribution < 1.29 is 13.2 Å². The molecule has 1 aromatic heterocycles. The van der Waals surface area contributed by atoms with Crippen LogP contribution < -0.4 is 5.32 Å². The van der Waals surface area contributed by atoms with Gasteiger partial charge in [0.1, 0.15) is 5.82 Å². The van der Waals surface area contributed by atoms with Gasteiger partial charge in [0.25, 0.3) is 0 Å². The second-order valence-corrected chi connectivity index (χ2v) is 4.65. The van der Waals surface area contributed by atoms with Crippen molar-refractivity contribution in [1.82, 2.24) is 10.2 Å². The number of alkyl halides is 3. The molecule has 20 heavy (non-hydrogen) atoms. The van der Waals surface area contributed by atoms with Crippen LogP contribution in [-0.4, -0.2) is 10.2 Å². The molecule has 0 saturated heterocycles. The highest BCUT2D eigenvalue weighted by Gasteiger charge is 2.32. The predicted molar refractivity (Wildman–Crippen MR) is 70.3 cm³/mol. The first-order chi connectivity index (χ1) is 9.34. The zero-order valence-electron chi connectivity index (χ0n) is 11.1. The van der Waals surface area contributed by atoms with E-state index in [0.29, 0.717) is 12.4 Å². The average Bonchev–Trinajstić information content (AvgIpc) is 2.35. The summed E-state index contributed by atoms with van der Waals surface area (Å²) in [4.78, 5) is 0. The summed E-state index contributed by atoms with van der Waals surface area (Å²) in [6, 6.07) is 8.27. The molecule has 0 amide bonds. The van der Waals surface area contributed by atoms with Gasteiger partial charge in [0.05, 0.1) is 0 Å². The molecule has 0 bridgehead atoms. The van der Waals surface area contributed by atoms with Crippen molar-refractivity contribution in [3.63, 3.8) is 0 Å². The topological polar surface area (TPSA) is 37.8 Å². The zero-order valence-corrected chi connectivity index (χ0v) is 11.1. The monoisotopic (exact) mass is 281 g/mol. The minimum Gasteiger partial charge on any atom is -0.365 e. The standard InChI is InChI=1S/C14H14F3N3/c1-9-5-10(2)7-11(6-9)8-18-13-4-3-12(19-20-13)14(15,16)17/h3-7H,8H2,1-2H3,(H,18,20). The smallest absolute Gasteiger partial charge is 0.365 e. The lowest BCUT2D eigenvalue weighted by atomic mass is 10.1. The number of nitrogens with one attached hydrogen (secondary N) is 1. The quantitative estimate of drug-likeness (QED) is 0.931. The van der Waals surface area contributed by atoms with Crippen LogP contribution in [-0.2, 0) is 12.7 Å². The SMILES string of the molecule is Cc1cc(C)cc(CNc2ccc(C(F)(F)F)nn2)c1. The number of rotatable bonds is 3. The van der Waals surface area contributed by atoms with Gasteiger partial charge >= 0.3 is 6.18 Å². The van der Waals surface area contributed by atoms with Gasteiger partial charge in [0, 0.05) is 6.54 Å². The molecule has 6 heteroatoms. The molecule has 0 aliphatic carbocycles. The summed E-state index contributed by atoms with van der Waals surface area (Å²) in [7, 11) is 0. The minimum atomic E-state index is -4.46. The highest BCUT2D eigenvalue weighted by atomic mass is 19.4. The van der Waals surface area contributed by atoms with Gasteiger partial charge in [0.2, 0.25) is 0 Å². The number of aromatic nitrogens is 2. The highest BCUT2D eigenvalue weighted by molar-refractivity contribution is 5.36. The first-order valence-electron chi connectivity index (χ1n) is 6.06. The normalized spacial score (nSPS) is 11.4. The summed E-state index contributed by atoms with van der Waals surface area (Å²) < 4.78 is 37.0. The van der Waals surface area contributed by atoms with Crippen LogP contribution >= 0.6 is 0 Å². The molecule has 0 atom stereocenters. The zero-order chi connectivity index (χ0) is 14.8. The Balaban J connectivity index is 2.04. The van der Waals surface area contributed by atoms with Crippen molar-refractivity contribution in [2.24, 2.45) is 0 Å². The van der Waals surface area contributed by atoms with Crippen LogP contribution in [0.2, 0.25) is 0 Å². The molecule has 0 unspecified atom stereocenters. The van der Waals surface area contributed by atoms with Crippen molar-refractivity contribution in [1.29, 1.82) is 0 Å². The Morgan fingerprint density at radius 1 is 1.00 bits per heavy atom. The number of nitrogens with zero attached hydrogens (tertiary/aromatic N) is 2. The third-order valence-electron chi connectivity index (χ3n) is 2.71. The molecule has 0 spiro atoms. The van der Waals surface area contributed by atoms with Crippen LogP contribution in [0.1, 0.15) is 22.4 Å². The number of hydrogen-bond acceptors (Lipinski definition) is 3. The summed E-state index contributed by atoms with van der Waals surface area (Å²) in [5.74, 6) is 0.317. The summed E-state index contributed by atoms with van der Waals surface area (Å²) in [5, 5.41) is 9.64. The van der Waals surface area contributed by atoms with E-state index in [9.17, 15) is 13.2 Å². The summed E-state index contributed by atoms with van der Waals surface area (Å²) >= 11 is 0. The molecule has 1 heterocycles. The van der Waals surface area contributed by atoms with Gasteiger partial charge in [0.15, 0.2) is 5.69 Å². The van der Waals surface area contributed by atoms with E-state index in [0.717, 1.165) is 22.8 Å². The largest absolute Gasteiger partial charge is 0.435 e. The second kappa shape index (κ2) is 5.48. The number of aryl methyl sites for hydroxylation is 2. The molecule has 1 N–H and O–H groups in total. The maximum Gasteiger partial charge on any atom is 0.435 e. The molecule has 2 aromatic rings. The van der Waals surface area contributed by atoms with Gasteiger partial charge in [-0.1, -0.05) is 29.3 Å². The summed E-state index contributed by atoms with van der Waals surface area (Å²) in [6.45, 7) is 4.48. The fraction of sp³-hybridized carbons (Fsp3) is 0.286. The van der Waals surface area contributed by atoms with Crippen LogP contribution in [0.3, 0.4) is 0 Å². The van der Waals surface area contributed by atoms with Crippen molar-refractivity contribution in [2.45, 2.75) is 26.6 Å². The van der Waals surface area contributed by atoms with E-state index in [1.165, 1.54) is 6.07 Å². The molecule has 106 valence electrons. The van der Waals surface area contributed by atoms with E-state index in [-0.39, 0.29) is 0 Å². The Morgan fingerprint density at radius 2 is 1.65 bits per heavy atom. The highest BCUT2D eigenvalue weighted by Crippen LogP contribution is 2.27. The van der Waals surface area contributed by atoms with Crippen LogP contribution in [0.5, 0.6) is 0 Å². The first kappa shape index (κ1) is 14.3. The van der Waals surface area contributed by atoms with Crippen molar-refractivity contribution >= 4 is 5.82 Å². The number of anilines is 1. The molecule has 2 rings (SSSR count). The molecule has 1 aromatic carbocycles. The molecule has 0 saturated carbocycles. The Bertz CT molecular complexity index is 571. The molecule has 0 radical (unpaired) electrons. The first-order valence-corrected chi connectivity index (χ1v) is 6.06. The Morgan fingerprint density at radius 3 is 2.15 bits per heavy atom. The maximum atomic E-state index is 12.3. The van der Waals surface area contributed by atoms with E-state index < -0.39 is 11.9 Å². The lowest BCUT2D eigenvalue weighted by Crippen LogP contribution is -2.10. The fourth-order valence-electron chi connectivity index (χ4n) is 1.94. The number of benzene rings is 1. The van der Waals surface area contributed by atoms with Crippen LogP contribution in [0.25, 0.3) is 0 Å². The summed E-state index contributed by atoms with van der Waals surface area (Å²) in [5.41, 5.74) is 2.33.